The number of rotatable bonds is 13. The third kappa shape index (κ3) is 8.35. The Balaban J connectivity index is 1.90. The number of benzene rings is 3. The van der Waals surface area contributed by atoms with Crippen molar-refractivity contribution >= 4 is 27.7 Å². The molecule has 0 aliphatic rings. The molecule has 202 valence electrons. The molecular formula is C31H37BrN2O4. The molecule has 2 amide bonds. The molecule has 38 heavy (non-hydrogen) atoms. The Morgan fingerprint density at radius 3 is 2.18 bits per heavy atom. The Morgan fingerprint density at radius 1 is 0.895 bits per heavy atom. The molecule has 3 rings (SSSR count). The zero-order chi connectivity index (χ0) is 27.5. The summed E-state index contributed by atoms with van der Waals surface area (Å²) in [6.45, 7) is 4.35. The van der Waals surface area contributed by atoms with Gasteiger partial charge in [0.25, 0.3) is 0 Å². The number of nitrogens with zero attached hydrogens (tertiary/aromatic N) is 1. The first-order valence-electron chi connectivity index (χ1n) is 12.9. The minimum absolute atomic E-state index is 0.0113. The molecule has 3 aromatic carbocycles. The summed E-state index contributed by atoms with van der Waals surface area (Å²) in [6, 6.07) is 22.7. The second kappa shape index (κ2) is 14.6. The van der Waals surface area contributed by atoms with Gasteiger partial charge in [-0.15, -0.1) is 0 Å². The summed E-state index contributed by atoms with van der Waals surface area (Å²) in [7, 11) is 3.19. The van der Waals surface area contributed by atoms with Gasteiger partial charge in [-0.3, -0.25) is 9.59 Å². The van der Waals surface area contributed by atoms with Gasteiger partial charge in [-0.25, -0.2) is 0 Å². The highest BCUT2D eigenvalue weighted by Crippen LogP contribution is 2.28. The molecule has 3 aromatic rings. The van der Waals surface area contributed by atoms with Crippen molar-refractivity contribution in [2.24, 2.45) is 0 Å². The van der Waals surface area contributed by atoms with Crippen molar-refractivity contribution < 1.29 is 19.1 Å². The number of hydrogen-bond acceptors (Lipinski definition) is 4. The molecule has 0 aromatic heterocycles. The van der Waals surface area contributed by atoms with E-state index in [-0.39, 0.29) is 24.3 Å². The van der Waals surface area contributed by atoms with Gasteiger partial charge in [-0.05, 0) is 60.7 Å². The van der Waals surface area contributed by atoms with E-state index >= 15 is 0 Å². The number of aryl methyl sites for hydroxylation is 1. The number of halogens is 1. The molecule has 0 aliphatic carbocycles. The van der Waals surface area contributed by atoms with Crippen LogP contribution in [-0.2, 0) is 29.0 Å². The van der Waals surface area contributed by atoms with Crippen molar-refractivity contribution in [1.82, 2.24) is 10.2 Å². The molecule has 0 unspecified atom stereocenters. The van der Waals surface area contributed by atoms with Gasteiger partial charge in [0.15, 0.2) is 11.5 Å². The van der Waals surface area contributed by atoms with Crippen molar-refractivity contribution in [3.63, 3.8) is 0 Å². The van der Waals surface area contributed by atoms with Crippen LogP contribution in [0.2, 0.25) is 0 Å². The molecule has 0 spiro atoms. The molecule has 0 radical (unpaired) electrons. The number of ether oxygens (including phenoxy) is 2. The predicted octanol–water partition coefficient (Wildman–Crippen LogP) is 5.95. The molecule has 2 atom stereocenters. The van der Waals surface area contributed by atoms with Crippen molar-refractivity contribution in [2.75, 3.05) is 14.2 Å². The average molecular weight is 582 g/mol. The quantitative estimate of drug-likeness (QED) is 0.271. The molecule has 0 saturated heterocycles. The number of hydrogen-bond donors (Lipinski definition) is 1. The van der Waals surface area contributed by atoms with E-state index in [1.54, 1.807) is 19.1 Å². The monoisotopic (exact) mass is 580 g/mol. The minimum Gasteiger partial charge on any atom is -0.493 e. The fourth-order valence-corrected chi connectivity index (χ4v) is 4.48. The first-order chi connectivity index (χ1) is 18.3. The standard InChI is InChI=1S/C31H37BrN2O4/c1-5-22(2)33-31(36)27(19-23-9-7-6-8-10-23)34(21-25-11-15-26(32)16-12-25)30(35)18-14-24-13-17-28(37-3)29(20-24)38-4/h6-13,15-17,20,22,27H,5,14,18-19,21H2,1-4H3,(H,33,36)/t22-,27+/m0/s1. The summed E-state index contributed by atoms with van der Waals surface area (Å²) < 4.78 is 11.7. The minimum atomic E-state index is -0.645. The summed E-state index contributed by atoms with van der Waals surface area (Å²) in [5.74, 6) is 1.05. The van der Waals surface area contributed by atoms with E-state index < -0.39 is 6.04 Å². The van der Waals surface area contributed by atoms with Gasteiger partial charge in [0.05, 0.1) is 14.2 Å². The van der Waals surface area contributed by atoms with Crippen molar-refractivity contribution in [3.05, 3.63) is 94.0 Å². The summed E-state index contributed by atoms with van der Waals surface area (Å²) >= 11 is 3.48. The second-order valence-electron chi connectivity index (χ2n) is 9.36. The van der Waals surface area contributed by atoms with Gasteiger partial charge >= 0.3 is 0 Å². The normalized spacial score (nSPS) is 12.3. The highest BCUT2D eigenvalue weighted by atomic mass is 79.9. The highest BCUT2D eigenvalue weighted by molar-refractivity contribution is 9.10. The highest BCUT2D eigenvalue weighted by Gasteiger charge is 2.30. The third-order valence-electron chi connectivity index (χ3n) is 6.61. The first kappa shape index (κ1) is 29.2. The van der Waals surface area contributed by atoms with Crippen LogP contribution in [0.15, 0.2) is 77.3 Å². The van der Waals surface area contributed by atoms with Crippen molar-refractivity contribution in [2.45, 2.75) is 58.2 Å². The number of carbonyl (C=O) groups is 2. The summed E-state index contributed by atoms with van der Waals surface area (Å²) in [4.78, 5) is 29.2. The third-order valence-corrected chi connectivity index (χ3v) is 7.14. The molecule has 0 aliphatic heterocycles. The van der Waals surface area contributed by atoms with Crippen molar-refractivity contribution in [3.8, 4) is 11.5 Å². The summed E-state index contributed by atoms with van der Waals surface area (Å²) in [5, 5.41) is 3.11. The van der Waals surface area contributed by atoms with Crippen LogP contribution in [0.25, 0.3) is 0 Å². The van der Waals surface area contributed by atoms with Gasteiger partial charge in [-0.1, -0.05) is 71.4 Å². The lowest BCUT2D eigenvalue weighted by Gasteiger charge is -2.32. The Labute approximate surface area is 234 Å². The SMILES string of the molecule is CC[C@H](C)NC(=O)[C@@H](Cc1ccccc1)N(Cc1ccc(Br)cc1)C(=O)CCc1ccc(OC)c(OC)c1. The van der Waals surface area contributed by atoms with E-state index in [0.717, 1.165) is 27.6 Å². The molecular weight excluding hydrogens is 544 g/mol. The van der Waals surface area contributed by atoms with E-state index in [0.29, 0.717) is 30.9 Å². The van der Waals surface area contributed by atoms with E-state index in [2.05, 4.69) is 21.2 Å². The maximum absolute atomic E-state index is 13.8. The number of amides is 2. The molecule has 0 heterocycles. The fraction of sp³-hybridized carbons (Fsp3) is 0.355. The van der Waals surface area contributed by atoms with E-state index in [4.69, 9.17) is 9.47 Å². The fourth-order valence-electron chi connectivity index (χ4n) is 4.21. The summed E-state index contributed by atoms with van der Waals surface area (Å²) in [6.07, 6.45) is 2.01. The van der Waals surface area contributed by atoms with Gasteiger partial charge < -0.3 is 19.7 Å². The largest absolute Gasteiger partial charge is 0.493 e. The molecule has 0 fully saturated rings. The van der Waals surface area contributed by atoms with Gasteiger partial charge in [0, 0.05) is 29.9 Å². The van der Waals surface area contributed by atoms with Crippen molar-refractivity contribution in [1.29, 1.82) is 0 Å². The van der Waals surface area contributed by atoms with E-state index in [1.165, 1.54) is 0 Å². The lowest BCUT2D eigenvalue weighted by molar-refractivity contribution is -0.141. The zero-order valence-electron chi connectivity index (χ0n) is 22.6. The zero-order valence-corrected chi connectivity index (χ0v) is 24.2. The lowest BCUT2D eigenvalue weighted by atomic mass is 10.0. The molecule has 0 bridgehead atoms. The number of methoxy groups -OCH3 is 2. The van der Waals surface area contributed by atoms with E-state index in [1.807, 2.05) is 86.6 Å². The number of nitrogens with one attached hydrogen (secondary N) is 1. The summed E-state index contributed by atoms with van der Waals surface area (Å²) in [5.41, 5.74) is 2.93. The van der Waals surface area contributed by atoms with Crippen LogP contribution in [0.4, 0.5) is 0 Å². The van der Waals surface area contributed by atoms with Crippen LogP contribution >= 0.6 is 15.9 Å². The molecule has 0 saturated carbocycles. The van der Waals surface area contributed by atoms with Crippen LogP contribution in [0, 0.1) is 0 Å². The maximum Gasteiger partial charge on any atom is 0.243 e. The van der Waals surface area contributed by atoms with Gasteiger partial charge in [-0.2, -0.15) is 0 Å². The van der Waals surface area contributed by atoms with E-state index in [9.17, 15) is 9.59 Å². The smallest absolute Gasteiger partial charge is 0.243 e. The number of carbonyl (C=O) groups excluding carboxylic acids is 2. The van der Waals surface area contributed by atoms with Crippen LogP contribution in [0.3, 0.4) is 0 Å². The molecule has 6 nitrogen and oxygen atoms in total. The van der Waals surface area contributed by atoms with Gasteiger partial charge in [0.2, 0.25) is 11.8 Å². The lowest BCUT2D eigenvalue weighted by Crippen LogP contribution is -2.52. The Kier molecular flexibility index (Phi) is 11.2. The van der Waals surface area contributed by atoms with Crippen LogP contribution in [0.5, 0.6) is 11.5 Å². The molecule has 7 heteroatoms. The van der Waals surface area contributed by atoms with Crippen LogP contribution in [0.1, 0.15) is 43.4 Å². The van der Waals surface area contributed by atoms with Gasteiger partial charge in [0.1, 0.15) is 6.04 Å². The average Bonchev–Trinajstić information content (AvgIpc) is 2.94. The topological polar surface area (TPSA) is 67.9 Å². The van der Waals surface area contributed by atoms with Crippen LogP contribution in [-0.4, -0.2) is 43.0 Å². The second-order valence-corrected chi connectivity index (χ2v) is 10.3. The molecule has 1 N–H and O–H groups in total. The maximum atomic E-state index is 13.8. The Morgan fingerprint density at radius 2 is 1.55 bits per heavy atom. The predicted molar refractivity (Wildman–Crippen MR) is 154 cm³/mol. The van der Waals surface area contributed by atoms with Crippen LogP contribution < -0.4 is 14.8 Å². The Bertz CT molecular complexity index is 1180. The Hall–Kier alpha value is -3.32. The first-order valence-corrected chi connectivity index (χ1v) is 13.7.